The molecule has 0 atom stereocenters. The van der Waals surface area contributed by atoms with Crippen molar-refractivity contribution in [3.05, 3.63) is 42.7 Å². The summed E-state index contributed by atoms with van der Waals surface area (Å²) in [7, 11) is 0. The number of fused-ring (bicyclic) bond motifs is 1. The molecule has 2 N–H and O–H groups in total. The highest BCUT2D eigenvalue weighted by molar-refractivity contribution is 5.77. The molecule has 9 nitrogen and oxygen atoms in total. The number of aromatic hydroxyl groups is 1. The van der Waals surface area contributed by atoms with E-state index < -0.39 is 11.7 Å². The number of aliphatic hydroxyl groups excluding tert-OH is 1. The van der Waals surface area contributed by atoms with E-state index in [9.17, 15) is 15.0 Å². The molecule has 3 aromatic rings. The SMILES string of the molecule is CC(C)(C)OC(=O)N(CCO)CCOc1ccn2ncc(-c3cccc(O)c3)c2n1. The molecule has 2 aromatic heterocycles. The number of aromatic nitrogens is 3. The van der Waals surface area contributed by atoms with Gasteiger partial charge in [-0.3, -0.25) is 0 Å². The standard InChI is InChI=1S/C21H26N4O5/c1-21(2,3)30-20(28)24(9-11-26)10-12-29-18-7-8-25-19(23-18)17(14-22-25)15-5-4-6-16(27)13-15/h4-8,13-14,26-27H,9-12H2,1-3H3. The summed E-state index contributed by atoms with van der Waals surface area (Å²) in [5, 5.41) is 23.2. The Balaban J connectivity index is 1.70. The van der Waals surface area contributed by atoms with Gasteiger partial charge in [0.1, 0.15) is 18.0 Å². The van der Waals surface area contributed by atoms with E-state index in [1.807, 2.05) is 6.07 Å². The Hall–Kier alpha value is -3.33. The number of hydrogen-bond donors (Lipinski definition) is 2. The van der Waals surface area contributed by atoms with Crippen molar-refractivity contribution < 1.29 is 24.5 Å². The first-order valence-electron chi connectivity index (χ1n) is 9.62. The van der Waals surface area contributed by atoms with Gasteiger partial charge in [0, 0.05) is 24.4 Å². The van der Waals surface area contributed by atoms with E-state index in [1.165, 1.54) is 4.90 Å². The summed E-state index contributed by atoms with van der Waals surface area (Å²) in [5.41, 5.74) is 1.50. The van der Waals surface area contributed by atoms with Crippen molar-refractivity contribution in [1.29, 1.82) is 0 Å². The summed E-state index contributed by atoms with van der Waals surface area (Å²) >= 11 is 0. The molecule has 0 aliphatic rings. The highest BCUT2D eigenvalue weighted by Crippen LogP contribution is 2.27. The lowest BCUT2D eigenvalue weighted by molar-refractivity contribution is 0.0193. The molecular formula is C21H26N4O5. The Morgan fingerprint density at radius 3 is 2.73 bits per heavy atom. The zero-order valence-corrected chi connectivity index (χ0v) is 17.3. The average Bonchev–Trinajstić information content (AvgIpc) is 3.09. The van der Waals surface area contributed by atoms with E-state index in [4.69, 9.17) is 9.47 Å². The number of amides is 1. The van der Waals surface area contributed by atoms with Gasteiger partial charge in [-0.2, -0.15) is 10.1 Å². The molecular weight excluding hydrogens is 388 g/mol. The number of ether oxygens (including phenoxy) is 2. The lowest BCUT2D eigenvalue weighted by Gasteiger charge is -2.26. The predicted molar refractivity (Wildman–Crippen MR) is 110 cm³/mol. The Labute approximate surface area is 174 Å². The van der Waals surface area contributed by atoms with Gasteiger partial charge in [-0.1, -0.05) is 12.1 Å². The number of phenols is 1. The maximum Gasteiger partial charge on any atom is 0.410 e. The first-order chi connectivity index (χ1) is 14.3. The number of carbonyl (C=O) groups is 1. The van der Waals surface area contributed by atoms with Crippen LogP contribution >= 0.6 is 0 Å². The molecule has 0 fully saturated rings. The van der Waals surface area contributed by atoms with Crippen molar-refractivity contribution in [3.8, 4) is 22.8 Å². The van der Waals surface area contributed by atoms with E-state index in [2.05, 4.69) is 10.1 Å². The van der Waals surface area contributed by atoms with Crippen LogP contribution in [0.3, 0.4) is 0 Å². The van der Waals surface area contributed by atoms with Crippen molar-refractivity contribution in [2.75, 3.05) is 26.3 Å². The van der Waals surface area contributed by atoms with Crippen molar-refractivity contribution >= 4 is 11.7 Å². The van der Waals surface area contributed by atoms with Crippen LogP contribution in [0.15, 0.2) is 42.7 Å². The van der Waals surface area contributed by atoms with Gasteiger partial charge >= 0.3 is 6.09 Å². The summed E-state index contributed by atoms with van der Waals surface area (Å²) in [5.74, 6) is 0.530. The van der Waals surface area contributed by atoms with Crippen LogP contribution in [0.1, 0.15) is 20.8 Å². The number of hydrogen-bond acceptors (Lipinski definition) is 7. The maximum atomic E-state index is 12.2. The summed E-state index contributed by atoms with van der Waals surface area (Å²) in [6.45, 7) is 5.74. The molecule has 9 heteroatoms. The number of phenolic OH excluding ortho intramolecular Hbond substituents is 1. The van der Waals surface area contributed by atoms with E-state index in [1.54, 1.807) is 61.9 Å². The van der Waals surface area contributed by atoms with Crippen molar-refractivity contribution in [2.45, 2.75) is 26.4 Å². The van der Waals surface area contributed by atoms with E-state index in [0.29, 0.717) is 11.5 Å². The van der Waals surface area contributed by atoms with Gasteiger partial charge in [0.05, 0.1) is 19.3 Å². The number of benzene rings is 1. The van der Waals surface area contributed by atoms with Gasteiger partial charge in [-0.15, -0.1) is 0 Å². The minimum Gasteiger partial charge on any atom is -0.508 e. The molecule has 3 rings (SSSR count). The maximum absolute atomic E-state index is 12.2. The van der Waals surface area contributed by atoms with Crippen LogP contribution in [0.5, 0.6) is 11.6 Å². The molecule has 0 radical (unpaired) electrons. The number of aliphatic hydroxyl groups is 1. The molecule has 0 bridgehead atoms. The van der Waals surface area contributed by atoms with Crippen LogP contribution in [-0.4, -0.2) is 67.7 Å². The molecule has 1 aromatic carbocycles. The topological polar surface area (TPSA) is 109 Å². The first-order valence-corrected chi connectivity index (χ1v) is 9.62. The van der Waals surface area contributed by atoms with Gasteiger partial charge in [-0.25, -0.2) is 9.31 Å². The fraction of sp³-hybridized carbons (Fsp3) is 0.381. The van der Waals surface area contributed by atoms with Crippen LogP contribution in [0.2, 0.25) is 0 Å². The smallest absolute Gasteiger partial charge is 0.410 e. The Kier molecular flexibility index (Phi) is 6.41. The molecule has 0 spiro atoms. The fourth-order valence-electron chi connectivity index (χ4n) is 2.81. The van der Waals surface area contributed by atoms with E-state index in [-0.39, 0.29) is 32.1 Å². The second kappa shape index (κ2) is 9.00. The minimum atomic E-state index is -0.623. The highest BCUT2D eigenvalue weighted by Gasteiger charge is 2.21. The monoisotopic (exact) mass is 414 g/mol. The van der Waals surface area contributed by atoms with Gasteiger partial charge < -0.3 is 24.6 Å². The highest BCUT2D eigenvalue weighted by atomic mass is 16.6. The summed E-state index contributed by atoms with van der Waals surface area (Å²) < 4.78 is 12.7. The molecule has 2 heterocycles. The third-order valence-electron chi connectivity index (χ3n) is 4.13. The zero-order chi connectivity index (χ0) is 21.7. The van der Waals surface area contributed by atoms with Crippen LogP contribution in [0.25, 0.3) is 16.8 Å². The Morgan fingerprint density at radius 2 is 2.03 bits per heavy atom. The number of carbonyl (C=O) groups excluding carboxylic acids is 1. The normalized spacial score (nSPS) is 11.5. The summed E-state index contributed by atoms with van der Waals surface area (Å²) in [4.78, 5) is 18.1. The second-order valence-corrected chi connectivity index (χ2v) is 7.68. The van der Waals surface area contributed by atoms with Crippen molar-refractivity contribution in [3.63, 3.8) is 0 Å². The van der Waals surface area contributed by atoms with Crippen LogP contribution in [0, 0.1) is 0 Å². The third-order valence-corrected chi connectivity index (χ3v) is 4.13. The summed E-state index contributed by atoms with van der Waals surface area (Å²) in [6.07, 6.45) is 2.89. The molecule has 0 aliphatic heterocycles. The largest absolute Gasteiger partial charge is 0.508 e. The first kappa shape index (κ1) is 21.4. The van der Waals surface area contributed by atoms with E-state index >= 15 is 0 Å². The molecule has 0 unspecified atom stereocenters. The quantitative estimate of drug-likeness (QED) is 0.612. The molecule has 160 valence electrons. The lowest BCUT2D eigenvalue weighted by atomic mass is 10.1. The average molecular weight is 414 g/mol. The van der Waals surface area contributed by atoms with Crippen molar-refractivity contribution in [2.24, 2.45) is 0 Å². The zero-order valence-electron chi connectivity index (χ0n) is 17.3. The predicted octanol–water partition coefficient (Wildman–Crippen LogP) is 2.71. The number of nitrogens with zero attached hydrogens (tertiary/aromatic N) is 4. The second-order valence-electron chi connectivity index (χ2n) is 7.68. The third kappa shape index (κ3) is 5.38. The van der Waals surface area contributed by atoms with Gasteiger partial charge in [0.25, 0.3) is 0 Å². The minimum absolute atomic E-state index is 0.148. The molecule has 30 heavy (non-hydrogen) atoms. The van der Waals surface area contributed by atoms with Gasteiger partial charge in [0.15, 0.2) is 5.65 Å². The van der Waals surface area contributed by atoms with Crippen molar-refractivity contribution in [1.82, 2.24) is 19.5 Å². The molecule has 0 aliphatic carbocycles. The van der Waals surface area contributed by atoms with Crippen LogP contribution < -0.4 is 4.74 Å². The van der Waals surface area contributed by atoms with E-state index in [0.717, 1.165) is 11.1 Å². The molecule has 1 amide bonds. The van der Waals surface area contributed by atoms with Gasteiger partial charge in [0.2, 0.25) is 5.88 Å². The Bertz CT molecular complexity index is 1010. The molecule has 0 saturated heterocycles. The van der Waals surface area contributed by atoms with Crippen LogP contribution in [0.4, 0.5) is 4.79 Å². The lowest BCUT2D eigenvalue weighted by Crippen LogP contribution is -2.40. The van der Waals surface area contributed by atoms with Gasteiger partial charge in [-0.05, 0) is 38.5 Å². The summed E-state index contributed by atoms with van der Waals surface area (Å²) in [6, 6.07) is 8.52. The fourth-order valence-corrected chi connectivity index (χ4v) is 2.81. The molecule has 0 saturated carbocycles. The Morgan fingerprint density at radius 1 is 1.23 bits per heavy atom. The van der Waals surface area contributed by atoms with Crippen LogP contribution in [-0.2, 0) is 4.74 Å². The number of rotatable bonds is 7.